The molecule has 1 aromatic heterocycles. The second-order valence-electron chi connectivity index (χ2n) is 8.02. The first-order valence-electron chi connectivity index (χ1n) is 10.4. The van der Waals surface area contributed by atoms with Gasteiger partial charge < -0.3 is 10.2 Å². The first kappa shape index (κ1) is 19.6. The van der Waals surface area contributed by atoms with Crippen molar-refractivity contribution in [1.82, 2.24) is 20.1 Å². The van der Waals surface area contributed by atoms with Crippen LogP contribution in [-0.2, 0) is 22.7 Å². The van der Waals surface area contributed by atoms with Gasteiger partial charge in [0, 0.05) is 57.6 Å². The van der Waals surface area contributed by atoms with E-state index in [2.05, 4.69) is 39.5 Å². The number of nitrogens with one attached hydrogen (secondary N) is 1. The van der Waals surface area contributed by atoms with E-state index in [1.807, 2.05) is 23.1 Å². The van der Waals surface area contributed by atoms with Crippen molar-refractivity contribution in [2.75, 3.05) is 19.6 Å². The van der Waals surface area contributed by atoms with Crippen LogP contribution in [0.1, 0.15) is 30.4 Å². The van der Waals surface area contributed by atoms with Crippen molar-refractivity contribution in [3.63, 3.8) is 0 Å². The van der Waals surface area contributed by atoms with Gasteiger partial charge in [-0.25, -0.2) is 0 Å². The molecule has 2 amide bonds. The Hall–Kier alpha value is -2.73. The van der Waals surface area contributed by atoms with Crippen LogP contribution in [0.2, 0.25) is 0 Å². The summed E-state index contributed by atoms with van der Waals surface area (Å²) in [6.45, 7) is 3.93. The number of piperidine rings is 1. The van der Waals surface area contributed by atoms with Gasteiger partial charge in [-0.2, -0.15) is 0 Å². The number of carbonyl (C=O) groups excluding carboxylic acids is 2. The first-order chi connectivity index (χ1) is 14.2. The molecule has 2 saturated heterocycles. The smallest absolute Gasteiger partial charge is 0.225 e. The standard InChI is InChI=1S/C23H28N4O2/c28-22-13-20(23(29)25-15-19-7-4-10-24-14-19)17-27(22)21-8-11-26(12-9-21)16-18-5-2-1-3-6-18/h1-7,10,14,20-21H,8-9,11-13,15-17H2,(H,25,29). The zero-order valence-electron chi connectivity index (χ0n) is 16.7. The molecule has 152 valence electrons. The number of hydrogen-bond acceptors (Lipinski definition) is 4. The second kappa shape index (κ2) is 9.18. The highest BCUT2D eigenvalue weighted by atomic mass is 16.2. The largest absolute Gasteiger partial charge is 0.352 e. The highest BCUT2D eigenvalue weighted by Gasteiger charge is 2.38. The van der Waals surface area contributed by atoms with Crippen LogP contribution in [0, 0.1) is 5.92 Å². The molecule has 29 heavy (non-hydrogen) atoms. The van der Waals surface area contributed by atoms with E-state index in [0.717, 1.165) is 38.0 Å². The lowest BCUT2D eigenvalue weighted by atomic mass is 10.0. The Morgan fingerprint density at radius 1 is 1.07 bits per heavy atom. The van der Waals surface area contributed by atoms with Crippen LogP contribution < -0.4 is 5.32 Å². The summed E-state index contributed by atoms with van der Waals surface area (Å²) in [5.74, 6) is -0.166. The van der Waals surface area contributed by atoms with Crippen LogP contribution in [0.15, 0.2) is 54.9 Å². The Morgan fingerprint density at radius 3 is 2.55 bits per heavy atom. The van der Waals surface area contributed by atoms with E-state index < -0.39 is 0 Å². The van der Waals surface area contributed by atoms with Gasteiger partial charge in [0.15, 0.2) is 0 Å². The van der Waals surface area contributed by atoms with Crippen molar-refractivity contribution < 1.29 is 9.59 Å². The van der Waals surface area contributed by atoms with Crippen molar-refractivity contribution in [2.24, 2.45) is 5.92 Å². The average Bonchev–Trinajstić information content (AvgIpc) is 3.16. The van der Waals surface area contributed by atoms with Gasteiger partial charge in [-0.3, -0.25) is 19.5 Å². The SMILES string of the molecule is O=C(NCc1cccnc1)C1CC(=O)N(C2CCN(Cc3ccccc3)CC2)C1. The first-order valence-corrected chi connectivity index (χ1v) is 10.4. The maximum atomic E-state index is 12.6. The number of amides is 2. The van der Waals surface area contributed by atoms with Crippen LogP contribution in [0.5, 0.6) is 0 Å². The Morgan fingerprint density at radius 2 is 1.83 bits per heavy atom. The maximum Gasteiger partial charge on any atom is 0.225 e. The van der Waals surface area contributed by atoms with E-state index in [9.17, 15) is 9.59 Å². The van der Waals surface area contributed by atoms with Gasteiger partial charge in [-0.1, -0.05) is 36.4 Å². The van der Waals surface area contributed by atoms with Gasteiger partial charge in [0.1, 0.15) is 0 Å². The van der Waals surface area contributed by atoms with Crippen molar-refractivity contribution in [1.29, 1.82) is 0 Å². The third-order valence-corrected chi connectivity index (χ3v) is 5.97. The zero-order valence-corrected chi connectivity index (χ0v) is 16.7. The molecule has 0 aliphatic carbocycles. The predicted molar refractivity (Wildman–Crippen MR) is 111 cm³/mol. The summed E-state index contributed by atoms with van der Waals surface area (Å²) in [6.07, 6.45) is 5.73. The van der Waals surface area contributed by atoms with Crippen LogP contribution in [0.25, 0.3) is 0 Å². The Kier molecular flexibility index (Phi) is 6.20. The Bertz CT molecular complexity index is 819. The van der Waals surface area contributed by atoms with Crippen LogP contribution in [0.3, 0.4) is 0 Å². The number of nitrogens with zero attached hydrogens (tertiary/aromatic N) is 3. The van der Waals surface area contributed by atoms with Gasteiger partial charge >= 0.3 is 0 Å². The quantitative estimate of drug-likeness (QED) is 0.819. The number of likely N-dealkylation sites (tertiary alicyclic amines) is 2. The molecule has 1 unspecified atom stereocenters. The summed E-state index contributed by atoms with van der Waals surface area (Å²) in [6, 6.07) is 14.5. The minimum Gasteiger partial charge on any atom is -0.352 e. The predicted octanol–water partition coefficient (Wildman–Crippen LogP) is 2.21. The Balaban J connectivity index is 1.25. The summed E-state index contributed by atoms with van der Waals surface area (Å²) in [5, 5.41) is 2.95. The van der Waals surface area contributed by atoms with Gasteiger partial charge in [-0.05, 0) is 30.0 Å². The molecule has 6 heteroatoms. The number of aromatic nitrogens is 1. The normalized spacial score (nSPS) is 20.8. The van der Waals surface area contributed by atoms with Crippen LogP contribution in [0.4, 0.5) is 0 Å². The molecule has 2 aromatic rings. The molecule has 1 N–H and O–H groups in total. The fourth-order valence-corrected chi connectivity index (χ4v) is 4.33. The van der Waals surface area contributed by atoms with E-state index in [4.69, 9.17) is 0 Å². The highest BCUT2D eigenvalue weighted by molar-refractivity contribution is 5.89. The van der Waals surface area contributed by atoms with E-state index in [-0.39, 0.29) is 23.8 Å². The number of carbonyl (C=O) groups is 2. The van der Waals surface area contributed by atoms with Gasteiger partial charge in [0.2, 0.25) is 11.8 Å². The molecule has 2 aliphatic rings. The summed E-state index contributed by atoms with van der Waals surface area (Å²) in [7, 11) is 0. The number of pyridine rings is 1. The lowest BCUT2D eigenvalue weighted by molar-refractivity contribution is -0.131. The van der Waals surface area contributed by atoms with E-state index in [1.165, 1.54) is 5.56 Å². The average molecular weight is 393 g/mol. The molecule has 2 aliphatic heterocycles. The van der Waals surface area contributed by atoms with E-state index in [0.29, 0.717) is 19.5 Å². The maximum absolute atomic E-state index is 12.6. The highest BCUT2D eigenvalue weighted by Crippen LogP contribution is 2.26. The zero-order chi connectivity index (χ0) is 20.1. The molecule has 6 nitrogen and oxygen atoms in total. The number of hydrogen-bond donors (Lipinski definition) is 1. The summed E-state index contributed by atoms with van der Waals surface area (Å²) < 4.78 is 0. The molecule has 3 heterocycles. The fraction of sp³-hybridized carbons (Fsp3) is 0.435. The molecular weight excluding hydrogens is 364 g/mol. The molecule has 0 saturated carbocycles. The molecule has 1 aromatic carbocycles. The van der Waals surface area contributed by atoms with E-state index in [1.54, 1.807) is 12.4 Å². The summed E-state index contributed by atoms with van der Waals surface area (Å²) in [5.41, 5.74) is 2.29. The number of rotatable bonds is 6. The lowest BCUT2D eigenvalue weighted by Gasteiger charge is -2.36. The Labute approximate surface area is 171 Å². The van der Waals surface area contributed by atoms with Gasteiger partial charge in [0.05, 0.1) is 5.92 Å². The topological polar surface area (TPSA) is 65.5 Å². The lowest BCUT2D eigenvalue weighted by Crippen LogP contribution is -2.45. The van der Waals surface area contributed by atoms with Crippen molar-refractivity contribution in [3.05, 3.63) is 66.0 Å². The summed E-state index contributed by atoms with van der Waals surface area (Å²) >= 11 is 0. The van der Waals surface area contributed by atoms with Crippen LogP contribution in [-0.4, -0.2) is 52.3 Å². The molecule has 0 spiro atoms. The molecule has 2 fully saturated rings. The minimum absolute atomic E-state index is 0.0359. The van der Waals surface area contributed by atoms with Gasteiger partial charge in [0.25, 0.3) is 0 Å². The van der Waals surface area contributed by atoms with Crippen LogP contribution >= 0.6 is 0 Å². The van der Waals surface area contributed by atoms with Gasteiger partial charge in [-0.15, -0.1) is 0 Å². The molecule has 0 bridgehead atoms. The minimum atomic E-state index is -0.249. The third kappa shape index (κ3) is 5.01. The second-order valence-corrected chi connectivity index (χ2v) is 8.02. The molecular formula is C23H28N4O2. The number of benzene rings is 1. The monoisotopic (exact) mass is 392 g/mol. The van der Waals surface area contributed by atoms with E-state index >= 15 is 0 Å². The van der Waals surface area contributed by atoms with Crippen molar-refractivity contribution >= 4 is 11.8 Å². The van der Waals surface area contributed by atoms with Crippen molar-refractivity contribution in [2.45, 2.75) is 38.4 Å². The molecule has 4 rings (SSSR count). The summed E-state index contributed by atoms with van der Waals surface area (Å²) in [4.78, 5) is 33.5. The van der Waals surface area contributed by atoms with Crippen molar-refractivity contribution in [3.8, 4) is 0 Å². The fourth-order valence-electron chi connectivity index (χ4n) is 4.33. The molecule has 1 atom stereocenters. The molecule has 0 radical (unpaired) electrons. The third-order valence-electron chi connectivity index (χ3n) is 5.97.